The fourth-order valence-corrected chi connectivity index (χ4v) is 4.31. The van der Waals surface area contributed by atoms with Crippen molar-refractivity contribution in [2.24, 2.45) is 0 Å². The van der Waals surface area contributed by atoms with Gasteiger partial charge in [-0.05, 0) is 36.8 Å². The molecule has 1 aliphatic heterocycles. The van der Waals surface area contributed by atoms with Crippen LogP contribution in [-0.2, 0) is 9.84 Å². The van der Waals surface area contributed by atoms with Crippen molar-refractivity contribution in [2.75, 3.05) is 42.4 Å². The second kappa shape index (κ2) is 8.22. The number of nitrogens with one attached hydrogen (secondary N) is 2. The molecule has 2 heterocycles. The van der Waals surface area contributed by atoms with Crippen LogP contribution in [0.5, 0.6) is 11.5 Å². The van der Waals surface area contributed by atoms with Gasteiger partial charge in [-0.2, -0.15) is 4.98 Å². The third-order valence-electron chi connectivity index (χ3n) is 3.96. The van der Waals surface area contributed by atoms with Crippen LogP contribution in [0.15, 0.2) is 36.5 Å². The number of benzene rings is 1. The summed E-state index contributed by atoms with van der Waals surface area (Å²) in [6.07, 6.45) is 2.21. The van der Waals surface area contributed by atoms with Crippen LogP contribution in [0.2, 0.25) is 0 Å². The molecule has 3 rings (SSSR count). The summed E-state index contributed by atoms with van der Waals surface area (Å²) < 4.78 is 33.8. The van der Waals surface area contributed by atoms with E-state index in [1.807, 2.05) is 24.3 Å². The molecule has 2 N–H and O–H groups in total. The first-order valence-corrected chi connectivity index (χ1v) is 10.2. The van der Waals surface area contributed by atoms with E-state index in [0.29, 0.717) is 31.3 Å². The number of hydrogen-bond acceptors (Lipinski definition) is 8. The summed E-state index contributed by atoms with van der Waals surface area (Å²) in [5, 5.41) is 6.24. The lowest BCUT2D eigenvalue weighted by Gasteiger charge is -2.12. The van der Waals surface area contributed by atoms with Crippen molar-refractivity contribution in [3.63, 3.8) is 0 Å². The predicted molar refractivity (Wildman–Crippen MR) is 99.7 cm³/mol. The highest BCUT2D eigenvalue weighted by Gasteiger charge is 2.28. The fraction of sp³-hybridized carbons (Fsp3) is 0.412. The average Bonchev–Trinajstić information content (AvgIpc) is 2.98. The second-order valence-electron chi connectivity index (χ2n) is 5.96. The van der Waals surface area contributed by atoms with Crippen molar-refractivity contribution in [1.29, 1.82) is 0 Å². The van der Waals surface area contributed by atoms with Crippen LogP contribution < -0.4 is 20.1 Å². The molecular weight excluding hydrogens is 356 g/mol. The topological polar surface area (TPSA) is 102 Å². The van der Waals surface area contributed by atoms with Gasteiger partial charge in [0.25, 0.3) is 0 Å². The molecule has 9 heteroatoms. The third-order valence-corrected chi connectivity index (χ3v) is 5.73. The quantitative estimate of drug-likeness (QED) is 0.668. The number of ether oxygens (including phenoxy) is 2. The van der Waals surface area contributed by atoms with Crippen LogP contribution in [0.1, 0.15) is 6.42 Å². The normalized spacial score (nSPS) is 18.3. The van der Waals surface area contributed by atoms with E-state index in [0.717, 1.165) is 11.5 Å². The molecule has 1 fully saturated rings. The minimum atomic E-state index is -2.93. The zero-order chi connectivity index (χ0) is 18.4. The van der Waals surface area contributed by atoms with E-state index in [4.69, 9.17) is 9.47 Å². The summed E-state index contributed by atoms with van der Waals surface area (Å²) in [5.74, 6) is 2.97. The van der Waals surface area contributed by atoms with Crippen LogP contribution in [0.4, 0.5) is 11.8 Å². The molecule has 0 bridgehead atoms. The lowest BCUT2D eigenvalue weighted by molar-refractivity contribution is 0.331. The zero-order valence-corrected chi connectivity index (χ0v) is 15.3. The smallest absolute Gasteiger partial charge is 0.224 e. The van der Waals surface area contributed by atoms with Crippen molar-refractivity contribution in [1.82, 2.24) is 9.97 Å². The van der Waals surface area contributed by atoms with Crippen LogP contribution in [0, 0.1) is 0 Å². The summed E-state index contributed by atoms with van der Waals surface area (Å²) in [5.41, 5.74) is 0. The Labute approximate surface area is 152 Å². The van der Waals surface area contributed by atoms with Crippen molar-refractivity contribution >= 4 is 21.6 Å². The molecule has 1 aromatic carbocycles. The largest absolute Gasteiger partial charge is 0.497 e. The Morgan fingerprint density at radius 2 is 1.96 bits per heavy atom. The highest BCUT2D eigenvalue weighted by atomic mass is 32.2. The number of sulfone groups is 1. The van der Waals surface area contributed by atoms with E-state index in [-0.39, 0.29) is 17.5 Å². The fourth-order valence-electron chi connectivity index (χ4n) is 2.64. The van der Waals surface area contributed by atoms with Gasteiger partial charge in [0.2, 0.25) is 5.95 Å². The maximum Gasteiger partial charge on any atom is 0.224 e. The van der Waals surface area contributed by atoms with Gasteiger partial charge >= 0.3 is 0 Å². The lowest BCUT2D eigenvalue weighted by atomic mass is 10.3. The van der Waals surface area contributed by atoms with Crippen molar-refractivity contribution in [3.05, 3.63) is 36.5 Å². The van der Waals surface area contributed by atoms with Gasteiger partial charge in [0.15, 0.2) is 9.84 Å². The molecule has 0 saturated carbocycles. The van der Waals surface area contributed by atoms with Gasteiger partial charge in [0, 0.05) is 12.2 Å². The molecular formula is C17H22N4O4S. The lowest BCUT2D eigenvalue weighted by Crippen LogP contribution is -2.22. The van der Waals surface area contributed by atoms with Crippen LogP contribution in [-0.4, -0.2) is 56.2 Å². The molecule has 26 heavy (non-hydrogen) atoms. The van der Waals surface area contributed by atoms with Crippen LogP contribution >= 0.6 is 0 Å². The SMILES string of the molecule is COc1ccc(OCCNc2ccnc(NC3CCS(=O)(=O)C3)n2)cc1. The van der Waals surface area contributed by atoms with Gasteiger partial charge in [-0.15, -0.1) is 0 Å². The summed E-state index contributed by atoms with van der Waals surface area (Å²) in [4.78, 5) is 8.49. The molecule has 0 radical (unpaired) electrons. The predicted octanol–water partition coefficient (Wildman–Crippen LogP) is 1.58. The molecule has 1 atom stereocenters. The van der Waals surface area contributed by atoms with E-state index in [1.165, 1.54) is 0 Å². The molecule has 2 aromatic rings. The maximum atomic E-state index is 11.5. The van der Waals surface area contributed by atoms with Gasteiger partial charge in [0.1, 0.15) is 23.9 Å². The number of rotatable bonds is 8. The molecule has 140 valence electrons. The Hall–Kier alpha value is -2.55. The molecule has 0 amide bonds. The Balaban J connectivity index is 1.45. The van der Waals surface area contributed by atoms with E-state index in [1.54, 1.807) is 19.4 Å². The van der Waals surface area contributed by atoms with Crippen molar-refractivity contribution in [2.45, 2.75) is 12.5 Å². The van der Waals surface area contributed by atoms with E-state index >= 15 is 0 Å². The number of nitrogens with zero attached hydrogens (tertiary/aromatic N) is 2. The summed E-state index contributed by atoms with van der Waals surface area (Å²) in [6.45, 7) is 1.04. The molecule has 1 saturated heterocycles. The van der Waals surface area contributed by atoms with Crippen molar-refractivity contribution in [3.8, 4) is 11.5 Å². The summed E-state index contributed by atoms with van der Waals surface area (Å²) >= 11 is 0. The number of anilines is 2. The highest BCUT2D eigenvalue weighted by molar-refractivity contribution is 7.91. The van der Waals surface area contributed by atoms with E-state index < -0.39 is 9.84 Å². The van der Waals surface area contributed by atoms with Crippen LogP contribution in [0.25, 0.3) is 0 Å². The first-order chi connectivity index (χ1) is 12.5. The Morgan fingerprint density at radius 3 is 2.65 bits per heavy atom. The highest BCUT2D eigenvalue weighted by Crippen LogP contribution is 2.17. The Morgan fingerprint density at radius 1 is 1.19 bits per heavy atom. The Bertz CT molecular complexity index is 827. The first-order valence-electron chi connectivity index (χ1n) is 8.35. The summed E-state index contributed by atoms with van der Waals surface area (Å²) in [6, 6.07) is 9.00. The molecule has 1 aromatic heterocycles. The van der Waals surface area contributed by atoms with Gasteiger partial charge in [-0.3, -0.25) is 0 Å². The Kier molecular flexibility index (Phi) is 5.77. The summed E-state index contributed by atoms with van der Waals surface area (Å²) in [7, 11) is -1.31. The minimum absolute atomic E-state index is 0.129. The van der Waals surface area contributed by atoms with E-state index in [2.05, 4.69) is 20.6 Å². The number of methoxy groups -OCH3 is 1. The van der Waals surface area contributed by atoms with Gasteiger partial charge in [-0.1, -0.05) is 0 Å². The molecule has 0 aliphatic carbocycles. The molecule has 8 nitrogen and oxygen atoms in total. The van der Waals surface area contributed by atoms with Gasteiger partial charge in [-0.25, -0.2) is 13.4 Å². The molecule has 1 aliphatic rings. The molecule has 0 spiro atoms. The van der Waals surface area contributed by atoms with Gasteiger partial charge in [0.05, 0.1) is 25.2 Å². The zero-order valence-electron chi connectivity index (χ0n) is 14.5. The minimum Gasteiger partial charge on any atom is -0.497 e. The monoisotopic (exact) mass is 378 g/mol. The van der Waals surface area contributed by atoms with Crippen LogP contribution in [0.3, 0.4) is 0 Å². The second-order valence-corrected chi connectivity index (χ2v) is 8.19. The van der Waals surface area contributed by atoms with Gasteiger partial charge < -0.3 is 20.1 Å². The third kappa shape index (κ3) is 5.22. The van der Waals surface area contributed by atoms with E-state index in [9.17, 15) is 8.42 Å². The molecule has 1 unspecified atom stereocenters. The average molecular weight is 378 g/mol. The number of aromatic nitrogens is 2. The standard InChI is InChI=1S/C17H22N4O4S/c1-24-14-2-4-15(5-3-14)25-10-9-18-16-6-8-19-17(21-16)20-13-7-11-26(22,23)12-13/h2-6,8,13H,7,9-12H2,1H3,(H2,18,19,20,21). The van der Waals surface area contributed by atoms with Crippen molar-refractivity contribution < 1.29 is 17.9 Å². The first kappa shape index (κ1) is 18.2. The maximum absolute atomic E-state index is 11.5. The number of hydrogen-bond donors (Lipinski definition) is 2.